The molecule has 31 heavy (non-hydrogen) atoms. The summed E-state index contributed by atoms with van der Waals surface area (Å²) in [7, 11) is 0. The largest absolute Gasteiger partial charge is 0.488 e. The fourth-order valence-corrected chi connectivity index (χ4v) is 4.08. The van der Waals surface area contributed by atoms with Crippen molar-refractivity contribution in [3.63, 3.8) is 0 Å². The molecule has 3 heteroatoms. The van der Waals surface area contributed by atoms with E-state index in [-0.39, 0.29) is 0 Å². The number of rotatable bonds is 5. The average molecular weight is 405 g/mol. The van der Waals surface area contributed by atoms with Crippen LogP contribution in [0.15, 0.2) is 91.0 Å². The predicted molar refractivity (Wildman–Crippen MR) is 127 cm³/mol. The molecule has 1 N–H and O–H groups in total. The van der Waals surface area contributed by atoms with Crippen LogP contribution in [0.1, 0.15) is 17.0 Å². The minimum Gasteiger partial charge on any atom is -0.488 e. The number of nitrogens with one attached hydrogen (secondary N) is 1. The van der Waals surface area contributed by atoms with Crippen molar-refractivity contribution in [1.29, 1.82) is 0 Å². The van der Waals surface area contributed by atoms with E-state index in [2.05, 4.69) is 91.6 Å². The first-order valence-corrected chi connectivity index (χ1v) is 10.5. The first kappa shape index (κ1) is 19.1. The van der Waals surface area contributed by atoms with Gasteiger partial charge in [0.1, 0.15) is 12.4 Å². The van der Waals surface area contributed by atoms with Crippen molar-refractivity contribution < 1.29 is 4.74 Å². The number of nitrogens with zero attached hydrogens (tertiary/aromatic N) is 1. The molecule has 0 atom stereocenters. The zero-order valence-electron chi connectivity index (χ0n) is 17.7. The molecule has 0 spiro atoms. The van der Waals surface area contributed by atoms with Gasteiger partial charge >= 0.3 is 0 Å². The maximum absolute atomic E-state index is 6.18. The summed E-state index contributed by atoms with van der Waals surface area (Å²) < 4.78 is 6.18. The molecule has 5 aromatic rings. The Morgan fingerprint density at radius 2 is 1.42 bits per heavy atom. The van der Waals surface area contributed by atoms with Gasteiger partial charge in [-0.15, -0.1) is 0 Å². The van der Waals surface area contributed by atoms with Crippen molar-refractivity contribution in [2.45, 2.75) is 20.5 Å². The summed E-state index contributed by atoms with van der Waals surface area (Å²) in [5.74, 6) is 0.886. The van der Waals surface area contributed by atoms with Gasteiger partial charge in [0.15, 0.2) is 0 Å². The Balaban J connectivity index is 1.54. The van der Waals surface area contributed by atoms with Crippen LogP contribution in [0.5, 0.6) is 5.75 Å². The highest BCUT2D eigenvalue weighted by atomic mass is 16.5. The van der Waals surface area contributed by atoms with Crippen LogP contribution >= 0.6 is 0 Å². The Kier molecular flexibility index (Phi) is 5.01. The van der Waals surface area contributed by atoms with E-state index in [4.69, 9.17) is 9.72 Å². The normalized spacial score (nSPS) is 11.0. The molecule has 3 aromatic carbocycles. The van der Waals surface area contributed by atoms with Crippen molar-refractivity contribution in [3.8, 4) is 28.3 Å². The van der Waals surface area contributed by atoms with Crippen LogP contribution in [-0.2, 0) is 6.61 Å². The van der Waals surface area contributed by atoms with Crippen LogP contribution in [0.25, 0.3) is 33.3 Å². The van der Waals surface area contributed by atoms with Gasteiger partial charge in [-0.05, 0) is 55.1 Å². The van der Waals surface area contributed by atoms with Crippen LogP contribution in [0.4, 0.5) is 0 Å². The number of hydrogen-bond acceptors (Lipinski definition) is 2. The molecule has 3 nitrogen and oxygen atoms in total. The number of fused-ring (bicyclic) bond motifs is 1. The van der Waals surface area contributed by atoms with E-state index < -0.39 is 0 Å². The Morgan fingerprint density at radius 3 is 2.16 bits per heavy atom. The monoisotopic (exact) mass is 404 g/mol. The van der Waals surface area contributed by atoms with Gasteiger partial charge in [-0.3, -0.25) is 0 Å². The van der Waals surface area contributed by atoms with Gasteiger partial charge < -0.3 is 9.72 Å². The van der Waals surface area contributed by atoms with E-state index in [9.17, 15) is 0 Å². The molecule has 0 aliphatic rings. The molecule has 2 heterocycles. The van der Waals surface area contributed by atoms with Gasteiger partial charge in [0.05, 0.1) is 11.4 Å². The first-order chi connectivity index (χ1) is 15.2. The third kappa shape index (κ3) is 3.82. The maximum Gasteiger partial charge on any atom is 0.127 e. The average Bonchev–Trinajstić information content (AvgIpc) is 3.16. The van der Waals surface area contributed by atoms with Gasteiger partial charge in [-0.1, -0.05) is 60.7 Å². The zero-order chi connectivity index (χ0) is 21.2. The van der Waals surface area contributed by atoms with E-state index in [1.165, 1.54) is 0 Å². The highest BCUT2D eigenvalue weighted by molar-refractivity contribution is 5.99. The van der Waals surface area contributed by atoms with Gasteiger partial charge in [0, 0.05) is 27.9 Å². The van der Waals surface area contributed by atoms with E-state index in [0.29, 0.717) is 6.61 Å². The van der Waals surface area contributed by atoms with Crippen LogP contribution in [-0.4, -0.2) is 9.97 Å². The molecule has 0 saturated carbocycles. The van der Waals surface area contributed by atoms with Crippen LogP contribution in [0.2, 0.25) is 0 Å². The lowest BCUT2D eigenvalue weighted by Crippen LogP contribution is -1.96. The van der Waals surface area contributed by atoms with Crippen molar-refractivity contribution in [1.82, 2.24) is 9.97 Å². The predicted octanol–water partition coefficient (Wildman–Crippen LogP) is 7.09. The van der Waals surface area contributed by atoms with Gasteiger partial charge in [0.2, 0.25) is 0 Å². The quantitative estimate of drug-likeness (QED) is 0.339. The van der Waals surface area contributed by atoms with Gasteiger partial charge in [0.25, 0.3) is 0 Å². The number of hydrogen-bond donors (Lipinski definition) is 1. The van der Waals surface area contributed by atoms with Gasteiger partial charge in [-0.2, -0.15) is 0 Å². The lowest BCUT2D eigenvalue weighted by molar-refractivity contribution is 0.310. The van der Waals surface area contributed by atoms with Crippen molar-refractivity contribution in [3.05, 3.63) is 108 Å². The second kappa shape index (κ2) is 8.11. The minimum absolute atomic E-state index is 0.546. The van der Waals surface area contributed by atoms with E-state index in [1.807, 2.05) is 18.2 Å². The second-order valence-electron chi connectivity index (χ2n) is 7.83. The van der Waals surface area contributed by atoms with Gasteiger partial charge in [-0.25, -0.2) is 4.98 Å². The lowest BCUT2D eigenvalue weighted by atomic mass is 10.00. The topological polar surface area (TPSA) is 37.9 Å². The molecule has 0 saturated heterocycles. The molecule has 0 aliphatic heterocycles. The van der Waals surface area contributed by atoms with E-state index in [1.54, 1.807) is 0 Å². The number of H-pyrrole nitrogens is 1. The molecule has 0 aliphatic carbocycles. The minimum atomic E-state index is 0.546. The maximum atomic E-state index is 6.18. The fraction of sp³-hybridized carbons (Fsp3) is 0.107. The Hall–Kier alpha value is -3.85. The molecule has 152 valence electrons. The molecule has 5 rings (SSSR count). The van der Waals surface area contributed by atoms with Crippen molar-refractivity contribution >= 4 is 10.8 Å². The second-order valence-corrected chi connectivity index (χ2v) is 7.83. The highest BCUT2D eigenvalue weighted by Crippen LogP contribution is 2.35. The standard InChI is InChI=1S/C28H24N2O/c1-19-17-25(20(2)29-19)27-14-8-13-26(30-27)23-15-16-28(24-12-7-6-11-22(23)24)31-18-21-9-4-3-5-10-21/h3-17,29H,18H2,1-2H3. The van der Waals surface area contributed by atoms with E-state index in [0.717, 1.165) is 56.0 Å². The van der Waals surface area contributed by atoms with Crippen molar-refractivity contribution in [2.24, 2.45) is 0 Å². The zero-order valence-corrected chi connectivity index (χ0v) is 17.7. The number of benzene rings is 3. The first-order valence-electron chi connectivity index (χ1n) is 10.5. The van der Waals surface area contributed by atoms with Crippen LogP contribution in [0, 0.1) is 13.8 Å². The summed E-state index contributed by atoms with van der Waals surface area (Å²) in [6, 6.07) is 31.2. The highest BCUT2D eigenvalue weighted by Gasteiger charge is 2.12. The molecule has 0 bridgehead atoms. The summed E-state index contributed by atoms with van der Waals surface area (Å²) >= 11 is 0. The SMILES string of the molecule is Cc1cc(-c2cccc(-c3ccc(OCc4ccccc4)c4ccccc34)n2)c(C)[nH]1. The number of ether oxygens (including phenoxy) is 1. The Bertz CT molecular complexity index is 1350. The van der Waals surface area contributed by atoms with E-state index >= 15 is 0 Å². The summed E-state index contributed by atoms with van der Waals surface area (Å²) in [5.41, 5.74) is 7.62. The molecule has 0 fully saturated rings. The Morgan fingerprint density at radius 1 is 0.710 bits per heavy atom. The third-order valence-electron chi connectivity index (χ3n) is 5.57. The smallest absolute Gasteiger partial charge is 0.127 e. The molecular formula is C28H24N2O. The number of aromatic amines is 1. The molecule has 0 radical (unpaired) electrons. The fourth-order valence-electron chi connectivity index (χ4n) is 4.08. The molecule has 0 unspecified atom stereocenters. The Labute approximate surface area is 182 Å². The number of pyridine rings is 1. The molecule has 0 amide bonds. The summed E-state index contributed by atoms with van der Waals surface area (Å²) in [6.07, 6.45) is 0. The third-order valence-corrected chi connectivity index (χ3v) is 5.57. The number of aromatic nitrogens is 2. The van der Waals surface area contributed by atoms with Crippen molar-refractivity contribution in [2.75, 3.05) is 0 Å². The summed E-state index contributed by atoms with van der Waals surface area (Å²) in [5, 5.41) is 2.23. The molecule has 2 aromatic heterocycles. The van der Waals surface area contributed by atoms with Crippen LogP contribution < -0.4 is 4.74 Å². The molecular weight excluding hydrogens is 380 g/mol. The lowest BCUT2D eigenvalue weighted by Gasteiger charge is -2.13. The summed E-state index contributed by atoms with van der Waals surface area (Å²) in [6.45, 7) is 4.71. The van der Waals surface area contributed by atoms with Crippen LogP contribution in [0.3, 0.4) is 0 Å². The summed E-state index contributed by atoms with van der Waals surface area (Å²) in [4.78, 5) is 8.37. The number of aryl methyl sites for hydroxylation is 2.